The summed E-state index contributed by atoms with van der Waals surface area (Å²) < 4.78 is 18.8. The molecular formula is C13H11FO2. The van der Waals surface area contributed by atoms with Crippen LogP contribution in [-0.2, 0) is 5.41 Å². The first kappa shape index (κ1) is 9.58. The zero-order valence-electron chi connectivity index (χ0n) is 8.92. The number of furan rings is 1. The van der Waals surface area contributed by atoms with Crippen LogP contribution in [0.3, 0.4) is 0 Å². The van der Waals surface area contributed by atoms with Gasteiger partial charge < -0.3 is 4.42 Å². The molecule has 1 aromatic carbocycles. The summed E-state index contributed by atoms with van der Waals surface area (Å²) >= 11 is 0. The third kappa shape index (κ3) is 1.14. The smallest absolute Gasteiger partial charge is 0.170 e. The second kappa shape index (κ2) is 2.94. The molecular weight excluding hydrogens is 207 g/mol. The van der Waals surface area contributed by atoms with Gasteiger partial charge in [-0.3, -0.25) is 4.79 Å². The van der Waals surface area contributed by atoms with Gasteiger partial charge in [0.2, 0.25) is 0 Å². The zero-order valence-corrected chi connectivity index (χ0v) is 8.92. The minimum Gasteiger partial charge on any atom is -0.461 e. The quantitative estimate of drug-likeness (QED) is 0.723. The Morgan fingerprint density at radius 1 is 1.44 bits per heavy atom. The van der Waals surface area contributed by atoms with E-state index in [0.29, 0.717) is 10.9 Å². The van der Waals surface area contributed by atoms with Crippen LogP contribution in [0.25, 0.3) is 11.0 Å². The molecule has 0 spiro atoms. The number of halogens is 1. The van der Waals surface area contributed by atoms with E-state index < -0.39 is 5.82 Å². The fourth-order valence-electron chi connectivity index (χ4n) is 2.14. The van der Waals surface area contributed by atoms with Gasteiger partial charge in [0, 0.05) is 16.5 Å². The molecule has 1 aliphatic rings. The molecule has 16 heavy (non-hydrogen) atoms. The van der Waals surface area contributed by atoms with E-state index in [-0.39, 0.29) is 11.0 Å². The first-order chi connectivity index (χ1) is 7.65. The topological polar surface area (TPSA) is 30.2 Å². The predicted octanol–water partition coefficient (Wildman–Crippen LogP) is 3.44. The summed E-state index contributed by atoms with van der Waals surface area (Å²) in [5.74, 6) is -0.406. The number of fused-ring (bicyclic) bond motifs is 1. The fourth-order valence-corrected chi connectivity index (χ4v) is 2.14. The molecule has 0 saturated heterocycles. The van der Waals surface area contributed by atoms with Crippen LogP contribution in [0.15, 0.2) is 22.8 Å². The van der Waals surface area contributed by atoms with Crippen LogP contribution >= 0.6 is 0 Å². The SMILES string of the molecule is CC1(c2coc3c(F)ccc(C=O)c23)CC1. The maximum Gasteiger partial charge on any atom is 0.170 e. The van der Waals surface area contributed by atoms with Gasteiger partial charge in [-0.15, -0.1) is 0 Å². The number of rotatable bonds is 2. The van der Waals surface area contributed by atoms with Gasteiger partial charge in [0.05, 0.1) is 6.26 Å². The Morgan fingerprint density at radius 2 is 2.19 bits per heavy atom. The average molecular weight is 218 g/mol. The van der Waals surface area contributed by atoms with Gasteiger partial charge in [-0.2, -0.15) is 0 Å². The zero-order chi connectivity index (χ0) is 11.3. The van der Waals surface area contributed by atoms with Crippen molar-refractivity contribution < 1.29 is 13.6 Å². The lowest BCUT2D eigenvalue weighted by atomic mass is 9.95. The number of aldehydes is 1. The highest BCUT2D eigenvalue weighted by Gasteiger charge is 2.42. The largest absolute Gasteiger partial charge is 0.461 e. The molecule has 2 nitrogen and oxygen atoms in total. The molecule has 1 aromatic heterocycles. The minimum absolute atomic E-state index is 0.0663. The summed E-state index contributed by atoms with van der Waals surface area (Å²) in [6, 6.07) is 2.78. The van der Waals surface area contributed by atoms with E-state index in [1.807, 2.05) is 0 Å². The van der Waals surface area contributed by atoms with E-state index in [9.17, 15) is 9.18 Å². The van der Waals surface area contributed by atoms with Crippen molar-refractivity contribution in [3.05, 3.63) is 35.3 Å². The van der Waals surface area contributed by atoms with Gasteiger partial charge in [0.1, 0.15) is 0 Å². The van der Waals surface area contributed by atoms with Crippen molar-refractivity contribution in [3.8, 4) is 0 Å². The highest BCUT2D eigenvalue weighted by Crippen LogP contribution is 2.51. The summed E-state index contributed by atoms with van der Waals surface area (Å²) in [4.78, 5) is 11.0. The first-order valence-electron chi connectivity index (χ1n) is 5.31. The van der Waals surface area contributed by atoms with Crippen molar-refractivity contribution in [2.24, 2.45) is 0 Å². The molecule has 3 rings (SSSR count). The molecule has 0 radical (unpaired) electrons. The van der Waals surface area contributed by atoms with Crippen LogP contribution in [-0.4, -0.2) is 6.29 Å². The Kier molecular flexibility index (Phi) is 1.76. The van der Waals surface area contributed by atoms with Gasteiger partial charge in [0.25, 0.3) is 0 Å². The number of carbonyl (C=O) groups is 1. The molecule has 1 fully saturated rings. The maximum atomic E-state index is 13.5. The van der Waals surface area contributed by atoms with E-state index in [1.165, 1.54) is 12.1 Å². The molecule has 1 heterocycles. The van der Waals surface area contributed by atoms with Crippen LogP contribution in [0.1, 0.15) is 35.7 Å². The molecule has 0 bridgehead atoms. The van der Waals surface area contributed by atoms with Crippen molar-refractivity contribution in [1.29, 1.82) is 0 Å². The maximum absolute atomic E-state index is 13.5. The van der Waals surface area contributed by atoms with E-state index in [0.717, 1.165) is 24.7 Å². The summed E-state index contributed by atoms with van der Waals surface area (Å²) in [7, 11) is 0. The van der Waals surface area contributed by atoms with Crippen LogP contribution in [0.5, 0.6) is 0 Å². The Morgan fingerprint density at radius 3 is 2.81 bits per heavy atom. The Balaban J connectivity index is 2.39. The van der Waals surface area contributed by atoms with Crippen LogP contribution in [0.2, 0.25) is 0 Å². The number of hydrogen-bond acceptors (Lipinski definition) is 2. The summed E-state index contributed by atoms with van der Waals surface area (Å²) in [6.07, 6.45) is 4.48. The predicted molar refractivity (Wildman–Crippen MR) is 58.1 cm³/mol. The molecule has 0 unspecified atom stereocenters. The Hall–Kier alpha value is -1.64. The van der Waals surface area contributed by atoms with E-state index in [4.69, 9.17) is 4.42 Å². The fraction of sp³-hybridized carbons (Fsp3) is 0.308. The Labute approximate surface area is 92.1 Å². The third-order valence-corrected chi connectivity index (χ3v) is 3.48. The number of hydrogen-bond donors (Lipinski definition) is 0. The molecule has 1 aliphatic carbocycles. The molecule has 0 amide bonds. The van der Waals surface area contributed by atoms with Crippen LogP contribution in [0.4, 0.5) is 4.39 Å². The molecule has 1 saturated carbocycles. The molecule has 0 N–H and O–H groups in total. The number of benzene rings is 1. The molecule has 3 heteroatoms. The lowest BCUT2D eigenvalue weighted by Crippen LogP contribution is -1.99. The van der Waals surface area contributed by atoms with E-state index >= 15 is 0 Å². The third-order valence-electron chi connectivity index (χ3n) is 3.48. The lowest BCUT2D eigenvalue weighted by Gasteiger charge is -2.06. The first-order valence-corrected chi connectivity index (χ1v) is 5.31. The summed E-state index contributed by atoms with van der Waals surface area (Å²) in [6.45, 7) is 2.11. The number of carbonyl (C=O) groups excluding carboxylic acids is 1. The van der Waals surface area contributed by atoms with Gasteiger partial charge >= 0.3 is 0 Å². The second-order valence-electron chi connectivity index (χ2n) is 4.67. The van der Waals surface area contributed by atoms with Crippen molar-refractivity contribution in [3.63, 3.8) is 0 Å². The molecule has 0 aliphatic heterocycles. The highest BCUT2D eigenvalue weighted by molar-refractivity contribution is 5.98. The summed E-state index contributed by atoms with van der Waals surface area (Å²) in [5.41, 5.74) is 1.74. The Bertz CT molecular complexity index is 579. The highest BCUT2D eigenvalue weighted by atomic mass is 19.1. The molecule has 2 aromatic rings. The monoisotopic (exact) mass is 218 g/mol. The van der Waals surface area contributed by atoms with Gasteiger partial charge in [-0.05, 0) is 30.4 Å². The van der Waals surface area contributed by atoms with Crippen molar-refractivity contribution in [1.82, 2.24) is 0 Å². The molecule has 0 atom stereocenters. The van der Waals surface area contributed by atoms with Crippen molar-refractivity contribution in [2.75, 3.05) is 0 Å². The lowest BCUT2D eigenvalue weighted by molar-refractivity contribution is 0.112. The standard InChI is InChI=1S/C13H11FO2/c1-13(4-5-13)9-7-16-12-10(14)3-2-8(6-15)11(9)12/h2-3,6-7H,4-5H2,1H3. The summed E-state index contributed by atoms with van der Waals surface area (Å²) in [5, 5.41) is 0.648. The van der Waals surface area contributed by atoms with Crippen molar-refractivity contribution >= 4 is 17.3 Å². The van der Waals surface area contributed by atoms with Gasteiger partial charge in [-0.1, -0.05) is 6.92 Å². The minimum atomic E-state index is -0.406. The normalized spacial score (nSPS) is 17.6. The second-order valence-corrected chi connectivity index (χ2v) is 4.67. The average Bonchev–Trinajstić information content (AvgIpc) is 2.86. The van der Waals surface area contributed by atoms with Gasteiger partial charge in [-0.25, -0.2) is 4.39 Å². The van der Waals surface area contributed by atoms with Crippen LogP contribution < -0.4 is 0 Å². The van der Waals surface area contributed by atoms with Crippen molar-refractivity contribution in [2.45, 2.75) is 25.2 Å². The molecule has 82 valence electrons. The van der Waals surface area contributed by atoms with Crippen LogP contribution in [0, 0.1) is 5.82 Å². The van der Waals surface area contributed by atoms with Gasteiger partial charge in [0.15, 0.2) is 17.7 Å². The van der Waals surface area contributed by atoms with E-state index in [2.05, 4.69) is 6.92 Å². The van der Waals surface area contributed by atoms with E-state index in [1.54, 1.807) is 6.26 Å².